The molecule has 0 heterocycles. The number of hydrogen-bond acceptors (Lipinski definition) is 1. The molecule has 0 aliphatic rings. The lowest BCUT2D eigenvalue weighted by Crippen LogP contribution is -2.22. The summed E-state index contributed by atoms with van der Waals surface area (Å²) in [6, 6.07) is 0. The van der Waals surface area contributed by atoms with E-state index >= 15 is 0 Å². The molecule has 2 unspecified atom stereocenters. The molecule has 0 spiro atoms. The molecule has 0 saturated carbocycles. The fourth-order valence-electron chi connectivity index (χ4n) is 4.14. The van der Waals surface area contributed by atoms with E-state index in [-0.39, 0.29) is 0 Å². The SMILES string of the molecule is CCCCCCCCCC(CCC)OC(CCC)CCCCCCCCC. The fourth-order valence-corrected chi connectivity index (χ4v) is 4.14. The molecule has 0 radical (unpaired) electrons. The Morgan fingerprint density at radius 2 is 0.704 bits per heavy atom. The second-order valence-electron chi connectivity index (χ2n) is 8.78. The van der Waals surface area contributed by atoms with Gasteiger partial charge in [-0.3, -0.25) is 0 Å². The van der Waals surface area contributed by atoms with E-state index in [0.717, 1.165) is 0 Å². The van der Waals surface area contributed by atoms with Crippen molar-refractivity contribution in [2.45, 2.75) is 168 Å². The third kappa shape index (κ3) is 19.1. The van der Waals surface area contributed by atoms with Gasteiger partial charge in [-0.15, -0.1) is 0 Å². The molecule has 1 heteroatoms. The van der Waals surface area contributed by atoms with Crippen LogP contribution in [0.15, 0.2) is 0 Å². The molecule has 0 aliphatic carbocycles. The van der Waals surface area contributed by atoms with Crippen LogP contribution in [0.25, 0.3) is 0 Å². The third-order valence-corrected chi connectivity index (χ3v) is 5.87. The molecule has 0 aromatic rings. The lowest BCUT2D eigenvalue weighted by Gasteiger charge is -2.25. The molecule has 0 amide bonds. The van der Waals surface area contributed by atoms with Crippen molar-refractivity contribution in [2.24, 2.45) is 0 Å². The zero-order valence-corrected chi connectivity index (χ0v) is 19.7. The van der Waals surface area contributed by atoms with Crippen molar-refractivity contribution in [1.29, 1.82) is 0 Å². The van der Waals surface area contributed by atoms with Crippen LogP contribution in [-0.2, 0) is 4.74 Å². The normalized spacial score (nSPS) is 13.8. The summed E-state index contributed by atoms with van der Waals surface area (Å²) < 4.78 is 6.62. The monoisotopic (exact) mass is 382 g/mol. The Morgan fingerprint density at radius 1 is 0.370 bits per heavy atom. The van der Waals surface area contributed by atoms with Crippen LogP contribution in [0.3, 0.4) is 0 Å². The van der Waals surface area contributed by atoms with Gasteiger partial charge >= 0.3 is 0 Å². The van der Waals surface area contributed by atoms with Gasteiger partial charge in [-0.05, 0) is 25.7 Å². The summed E-state index contributed by atoms with van der Waals surface area (Å²) in [4.78, 5) is 0. The summed E-state index contributed by atoms with van der Waals surface area (Å²) in [5.41, 5.74) is 0. The highest BCUT2D eigenvalue weighted by Gasteiger charge is 2.15. The van der Waals surface area contributed by atoms with Gasteiger partial charge in [0.25, 0.3) is 0 Å². The smallest absolute Gasteiger partial charge is 0.0578 e. The summed E-state index contributed by atoms with van der Waals surface area (Å²) >= 11 is 0. The Labute approximate surface area is 173 Å². The lowest BCUT2D eigenvalue weighted by atomic mass is 10.0. The van der Waals surface area contributed by atoms with Crippen LogP contribution in [0.1, 0.15) is 156 Å². The first kappa shape index (κ1) is 27.0. The highest BCUT2D eigenvalue weighted by Crippen LogP contribution is 2.21. The van der Waals surface area contributed by atoms with E-state index < -0.39 is 0 Å². The first-order valence-corrected chi connectivity index (χ1v) is 12.9. The minimum absolute atomic E-state index is 0.520. The number of rotatable bonds is 22. The van der Waals surface area contributed by atoms with Crippen molar-refractivity contribution in [2.75, 3.05) is 0 Å². The molecular weight excluding hydrogens is 328 g/mol. The van der Waals surface area contributed by atoms with Crippen molar-refractivity contribution in [3.8, 4) is 0 Å². The minimum atomic E-state index is 0.520. The lowest BCUT2D eigenvalue weighted by molar-refractivity contribution is -0.0308. The topological polar surface area (TPSA) is 9.23 Å². The average Bonchev–Trinajstić information content (AvgIpc) is 2.66. The van der Waals surface area contributed by atoms with E-state index in [1.165, 1.54) is 128 Å². The Kier molecular flexibility index (Phi) is 22.2. The van der Waals surface area contributed by atoms with Gasteiger partial charge in [0.1, 0.15) is 0 Å². The molecule has 0 aliphatic heterocycles. The molecule has 164 valence electrons. The van der Waals surface area contributed by atoms with Crippen LogP contribution < -0.4 is 0 Å². The van der Waals surface area contributed by atoms with Gasteiger partial charge in [-0.25, -0.2) is 0 Å². The van der Waals surface area contributed by atoms with E-state index in [4.69, 9.17) is 4.74 Å². The van der Waals surface area contributed by atoms with E-state index in [0.29, 0.717) is 12.2 Å². The van der Waals surface area contributed by atoms with Crippen molar-refractivity contribution >= 4 is 0 Å². The van der Waals surface area contributed by atoms with Gasteiger partial charge in [0.2, 0.25) is 0 Å². The van der Waals surface area contributed by atoms with Crippen molar-refractivity contribution in [3.63, 3.8) is 0 Å². The molecule has 0 N–H and O–H groups in total. The summed E-state index contributed by atoms with van der Waals surface area (Å²) in [6.45, 7) is 9.22. The van der Waals surface area contributed by atoms with E-state index in [9.17, 15) is 0 Å². The molecule has 0 rings (SSSR count). The van der Waals surface area contributed by atoms with E-state index in [1.807, 2.05) is 0 Å². The fraction of sp³-hybridized carbons (Fsp3) is 1.00. The van der Waals surface area contributed by atoms with Crippen molar-refractivity contribution in [3.05, 3.63) is 0 Å². The maximum absolute atomic E-state index is 6.62. The second kappa shape index (κ2) is 22.3. The average molecular weight is 383 g/mol. The molecule has 1 nitrogen and oxygen atoms in total. The summed E-state index contributed by atoms with van der Waals surface area (Å²) in [7, 11) is 0. The van der Waals surface area contributed by atoms with Gasteiger partial charge in [0.05, 0.1) is 12.2 Å². The Morgan fingerprint density at radius 3 is 1.04 bits per heavy atom. The maximum atomic E-state index is 6.62. The van der Waals surface area contributed by atoms with Gasteiger partial charge in [0.15, 0.2) is 0 Å². The van der Waals surface area contributed by atoms with Crippen LogP contribution >= 0.6 is 0 Å². The van der Waals surface area contributed by atoms with Crippen LogP contribution in [0.5, 0.6) is 0 Å². The number of ether oxygens (including phenoxy) is 1. The number of hydrogen-bond donors (Lipinski definition) is 0. The summed E-state index contributed by atoms with van der Waals surface area (Å²) in [5.74, 6) is 0. The zero-order valence-electron chi connectivity index (χ0n) is 19.7. The van der Waals surface area contributed by atoms with Crippen LogP contribution in [0.2, 0.25) is 0 Å². The molecule has 2 atom stereocenters. The minimum Gasteiger partial charge on any atom is -0.375 e. The van der Waals surface area contributed by atoms with Gasteiger partial charge < -0.3 is 4.74 Å². The van der Waals surface area contributed by atoms with Crippen LogP contribution in [0.4, 0.5) is 0 Å². The molecule has 0 fully saturated rings. The second-order valence-corrected chi connectivity index (χ2v) is 8.78. The van der Waals surface area contributed by atoms with E-state index in [1.54, 1.807) is 0 Å². The first-order chi connectivity index (χ1) is 13.3. The van der Waals surface area contributed by atoms with Crippen LogP contribution in [0, 0.1) is 0 Å². The van der Waals surface area contributed by atoms with Gasteiger partial charge in [-0.2, -0.15) is 0 Å². The molecule has 0 aromatic heterocycles. The van der Waals surface area contributed by atoms with Gasteiger partial charge in [-0.1, -0.05) is 130 Å². The summed E-state index contributed by atoms with van der Waals surface area (Å²) in [6.07, 6.45) is 28.3. The molecule has 0 aromatic carbocycles. The quantitative estimate of drug-likeness (QED) is 0.169. The van der Waals surface area contributed by atoms with Gasteiger partial charge in [0, 0.05) is 0 Å². The molecule has 27 heavy (non-hydrogen) atoms. The van der Waals surface area contributed by atoms with Crippen molar-refractivity contribution in [1.82, 2.24) is 0 Å². The highest BCUT2D eigenvalue weighted by molar-refractivity contribution is 4.65. The Bertz CT molecular complexity index is 237. The standard InChI is InChI=1S/C26H54O/c1-5-9-11-13-15-17-19-23-25(21-7-3)27-26(22-8-4)24-20-18-16-14-12-10-6-2/h25-26H,5-24H2,1-4H3. The van der Waals surface area contributed by atoms with Crippen LogP contribution in [-0.4, -0.2) is 12.2 Å². The zero-order chi connectivity index (χ0) is 20.0. The first-order valence-electron chi connectivity index (χ1n) is 12.9. The molecule has 0 saturated heterocycles. The number of unbranched alkanes of at least 4 members (excludes halogenated alkanes) is 12. The third-order valence-electron chi connectivity index (χ3n) is 5.87. The Balaban J connectivity index is 3.95. The van der Waals surface area contributed by atoms with E-state index in [2.05, 4.69) is 27.7 Å². The molecular formula is C26H54O. The maximum Gasteiger partial charge on any atom is 0.0578 e. The molecule has 0 bridgehead atoms. The Hall–Kier alpha value is -0.0400. The summed E-state index contributed by atoms with van der Waals surface area (Å²) in [5, 5.41) is 0. The highest BCUT2D eigenvalue weighted by atomic mass is 16.5. The largest absolute Gasteiger partial charge is 0.375 e. The predicted molar refractivity (Wildman–Crippen MR) is 124 cm³/mol. The predicted octanol–water partition coefficient (Wildman–Crippen LogP) is 9.62. The van der Waals surface area contributed by atoms with Crippen molar-refractivity contribution < 1.29 is 4.74 Å².